The Kier molecular flexibility index (Phi) is 3.91. The summed E-state index contributed by atoms with van der Waals surface area (Å²) in [6.07, 6.45) is 0.352. The molecule has 0 aliphatic carbocycles. The summed E-state index contributed by atoms with van der Waals surface area (Å²) in [7, 11) is 0. The standard InChI is InChI=1S/C10H5ClN2O4/c11-3-10(15)8-2-9(13(16)17)6(4-12)1-7(8)5-14/h1-2,5H,3H2. The molecule has 0 fully saturated rings. The number of carbonyl (C=O) groups is 2. The van der Waals surface area contributed by atoms with Gasteiger partial charge in [0, 0.05) is 17.2 Å². The molecule has 0 heterocycles. The Bertz CT molecular complexity index is 548. The highest BCUT2D eigenvalue weighted by Gasteiger charge is 2.20. The second-order valence-corrected chi connectivity index (χ2v) is 3.27. The van der Waals surface area contributed by atoms with Crippen molar-refractivity contribution < 1.29 is 14.5 Å². The van der Waals surface area contributed by atoms with Crippen molar-refractivity contribution in [3.63, 3.8) is 0 Å². The van der Waals surface area contributed by atoms with Gasteiger partial charge in [-0.2, -0.15) is 5.26 Å². The zero-order valence-corrected chi connectivity index (χ0v) is 9.10. The molecule has 1 aromatic rings. The Morgan fingerprint density at radius 1 is 1.59 bits per heavy atom. The number of nitrogens with zero attached hydrogens (tertiary/aromatic N) is 2. The zero-order valence-electron chi connectivity index (χ0n) is 8.34. The van der Waals surface area contributed by atoms with Crippen LogP contribution in [0.5, 0.6) is 0 Å². The fraction of sp³-hybridized carbons (Fsp3) is 0.100. The van der Waals surface area contributed by atoms with Gasteiger partial charge in [-0.1, -0.05) is 0 Å². The van der Waals surface area contributed by atoms with Crippen LogP contribution in [0.2, 0.25) is 0 Å². The maximum atomic E-state index is 11.4. The average Bonchev–Trinajstić information content (AvgIpc) is 2.35. The van der Waals surface area contributed by atoms with Gasteiger partial charge < -0.3 is 0 Å². The molecule has 0 N–H and O–H groups in total. The number of halogens is 1. The molecule has 1 aromatic carbocycles. The molecule has 0 radical (unpaired) electrons. The number of nitro groups is 1. The van der Waals surface area contributed by atoms with Gasteiger partial charge in [0.2, 0.25) is 0 Å². The van der Waals surface area contributed by atoms with Crippen LogP contribution in [0, 0.1) is 21.4 Å². The van der Waals surface area contributed by atoms with E-state index in [0.29, 0.717) is 6.29 Å². The van der Waals surface area contributed by atoms with E-state index >= 15 is 0 Å². The topological polar surface area (TPSA) is 101 Å². The maximum absolute atomic E-state index is 11.4. The van der Waals surface area contributed by atoms with E-state index in [4.69, 9.17) is 16.9 Å². The summed E-state index contributed by atoms with van der Waals surface area (Å²) in [4.78, 5) is 32.0. The summed E-state index contributed by atoms with van der Waals surface area (Å²) in [5.74, 6) is -1.01. The smallest absolute Gasteiger partial charge is 0.287 e. The minimum absolute atomic E-state index is 0.0854. The van der Waals surface area contributed by atoms with Crippen LogP contribution in [-0.2, 0) is 0 Å². The highest BCUT2D eigenvalue weighted by atomic mass is 35.5. The van der Waals surface area contributed by atoms with Gasteiger partial charge in [-0.05, 0) is 6.07 Å². The van der Waals surface area contributed by atoms with Crippen LogP contribution >= 0.6 is 11.6 Å². The van der Waals surface area contributed by atoms with Crippen LogP contribution in [0.1, 0.15) is 26.3 Å². The lowest BCUT2D eigenvalue weighted by Gasteiger charge is -2.03. The highest BCUT2D eigenvalue weighted by Crippen LogP contribution is 2.23. The molecule has 0 aliphatic rings. The molecular weight excluding hydrogens is 248 g/mol. The van der Waals surface area contributed by atoms with E-state index in [1.807, 2.05) is 0 Å². The highest BCUT2D eigenvalue weighted by molar-refractivity contribution is 6.31. The largest absolute Gasteiger partial charge is 0.298 e. The van der Waals surface area contributed by atoms with Gasteiger partial charge in [0.15, 0.2) is 12.1 Å². The average molecular weight is 253 g/mol. The first-order valence-corrected chi connectivity index (χ1v) is 4.85. The number of aldehydes is 1. The van der Waals surface area contributed by atoms with Gasteiger partial charge in [-0.25, -0.2) is 0 Å². The third-order valence-electron chi connectivity index (χ3n) is 2.03. The number of hydrogen-bond acceptors (Lipinski definition) is 5. The van der Waals surface area contributed by atoms with Crippen molar-refractivity contribution in [3.05, 3.63) is 38.9 Å². The van der Waals surface area contributed by atoms with E-state index in [1.165, 1.54) is 0 Å². The molecule has 0 spiro atoms. The van der Waals surface area contributed by atoms with Gasteiger partial charge >= 0.3 is 0 Å². The van der Waals surface area contributed by atoms with Crippen molar-refractivity contribution in [1.82, 2.24) is 0 Å². The first-order valence-electron chi connectivity index (χ1n) is 4.32. The fourth-order valence-electron chi connectivity index (χ4n) is 1.26. The Labute approximate surface area is 101 Å². The Morgan fingerprint density at radius 2 is 2.24 bits per heavy atom. The van der Waals surface area contributed by atoms with E-state index in [1.54, 1.807) is 6.07 Å². The van der Waals surface area contributed by atoms with Crippen molar-refractivity contribution in [2.24, 2.45) is 0 Å². The Hall–Kier alpha value is -2.26. The van der Waals surface area contributed by atoms with E-state index < -0.39 is 22.3 Å². The summed E-state index contributed by atoms with van der Waals surface area (Å²) in [6, 6.07) is 3.49. The minimum atomic E-state index is -0.794. The molecule has 0 aliphatic heterocycles. The Morgan fingerprint density at radius 3 is 2.65 bits per heavy atom. The number of rotatable bonds is 4. The van der Waals surface area contributed by atoms with Crippen molar-refractivity contribution >= 4 is 29.4 Å². The molecule has 0 saturated heterocycles. The summed E-state index contributed by atoms with van der Waals surface area (Å²) in [5, 5.41) is 19.4. The molecule has 0 amide bonds. The van der Waals surface area contributed by atoms with Crippen LogP contribution in [0.15, 0.2) is 12.1 Å². The monoisotopic (exact) mass is 252 g/mol. The number of ketones is 1. The predicted octanol–water partition coefficient (Wildman–Crippen LogP) is 1.70. The lowest BCUT2D eigenvalue weighted by atomic mass is 10.0. The van der Waals surface area contributed by atoms with Crippen LogP contribution in [-0.4, -0.2) is 22.9 Å². The first-order chi connectivity index (χ1) is 8.04. The number of benzene rings is 1. The molecular formula is C10H5ClN2O4. The van der Waals surface area contributed by atoms with Crippen molar-refractivity contribution in [3.8, 4) is 6.07 Å². The quantitative estimate of drug-likeness (QED) is 0.267. The van der Waals surface area contributed by atoms with E-state index in [2.05, 4.69) is 0 Å². The summed E-state index contributed by atoms with van der Waals surface area (Å²) >= 11 is 5.32. The zero-order chi connectivity index (χ0) is 13.0. The van der Waals surface area contributed by atoms with Gasteiger partial charge in [-0.3, -0.25) is 19.7 Å². The Balaban J connectivity index is 3.56. The van der Waals surface area contributed by atoms with Crippen LogP contribution in [0.3, 0.4) is 0 Å². The second-order valence-electron chi connectivity index (χ2n) is 3.00. The summed E-state index contributed by atoms with van der Waals surface area (Å²) in [5.41, 5.74) is -1.03. The molecule has 86 valence electrons. The number of alkyl halides is 1. The molecule has 7 heteroatoms. The number of carbonyl (C=O) groups excluding carboxylic acids is 2. The molecule has 0 bridgehead atoms. The van der Waals surface area contributed by atoms with E-state index in [9.17, 15) is 19.7 Å². The van der Waals surface area contributed by atoms with E-state index in [0.717, 1.165) is 12.1 Å². The summed E-state index contributed by atoms with van der Waals surface area (Å²) < 4.78 is 0. The molecule has 1 rings (SSSR count). The van der Waals surface area contributed by atoms with E-state index in [-0.39, 0.29) is 16.7 Å². The SMILES string of the molecule is N#Cc1cc(C=O)c(C(=O)CCl)cc1[N+](=O)[O-]. The normalized spacial score (nSPS) is 9.41. The number of hydrogen-bond donors (Lipinski definition) is 0. The van der Waals surface area contributed by atoms with Crippen LogP contribution in [0.4, 0.5) is 5.69 Å². The lowest BCUT2D eigenvalue weighted by molar-refractivity contribution is -0.385. The van der Waals surface area contributed by atoms with Crippen molar-refractivity contribution in [2.45, 2.75) is 0 Å². The number of nitro benzene ring substituents is 1. The lowest BCUT2D eigenvalue weighted by Crippen LogP contribution is -2.07. The van der Waals surface area contributed by atoms with Gasteiger partial charge in [0.25, 0.3) is 5.69 Å². The first kappa shape index (κ1) is 12.8. The minimum Gasteiger partial charge on any atom is -0.298 e. The van der Waals surface area contributed by atoms with Crippen molar-refractivity contribution in [2.75, 3.05) is 5.88 Å². The molecule has 17 heavy (non-hydrogen) atoms. The van der Waals surface area contributed by atoms with Crippen LogP contribution < -0.4 is 0 Å². The van der Waals surface area contributed by atoms with Gasteiger partial charge in [-0.15, -0.1) is 11.6 Å². The van der Waals surface area contributed by atoms with Gasteiger partial charge in [0.1, 0.15) is 11.6 Å². The molecule has 0 saturated carbocycles. The van der Waals surface area contributed by atoms with Gasteiger partial charge in [0.05, 0.1) is 10.8 Å². The molecule has 0 aromatic heterocycles. The third-order valence-corrected chi connectivity index (χ3v) is 2.28. The molecule has 0 unspecified atom stereocenters. The number of Topliss-reactive ketones (excluding diaryl/α,β-unsaturated/α-hetero) is 1. The molecule has 6 nitrogen and oxygen atoms in total. The third kappa shape index (κ3) is 2.46. The number of nitriles is 1. The summed E-state index contributed by atoms with van der Waals surface area (Å²) in [6.45, 7) is 0. The fourth-order valence-corrected chi connectivity index (χ4v) is 1.40. The second kappa shape index (κ2) is 5.18. The van der Waals surface area contributed by atoms with Crippen LogP contribution in [0.25, 0.3) is 0 Å². The molecule has 0 atom stereocenters. The maximum Gasteiger partial charge on any atom is 0.287 e. The van der Waals surface area contributed by atoms with Crippen molar-refractivity contribution in [1.29, 1.82) is 5.26 Å². The predicted molar refractivity (Wildman–Crippen MR) is 58.2 cm³/mol.